The van der Waals surface area contributed by atoms with Gasteiger partial charge in [0, 0.05) is 41.7 Å². The Morgan fingerprint density at radius 1 is 0.889 bits per heavy atom. The van der Waals surface area contributed by atoms with E-state index in [0.29, 0.717) is 12.0 Å². The van der Waals surface area contributed by atoms with E-state index in [1.807, 2.05) is 90.6 Å². The highest BCUT2D eigenvalue weighted by Crippen LogP contribution is 2.42. The predicted molar refractivity (Wildman–Crippen MR) is 138 cm³/mol. The van der Waals surface area contributed by atoms with Gasteiger partial charge in [0.1, 0.15) is 6.04 Å². The molecule has 2 heterocycles. The van der Waals surface area contributed by atoms with Gasteiger partial charge in [-0.3, -0.25) is 25.2 Å². The van der Waals surface area contributed by atoms with Gasteiger partial charge < -0.3 is 9.47 Å². The summed E-state index contributed by atoms with van der Waals surface area (Å²) < 4.78 is 2.03. The lowest BCUT2D eigenvalue weighted by atomic mass is 9.97. The summed E-state index contributed by atoms with van der Waals surface area (Å²) in [6, 6.07) is 23.9. The molecule has 2 atom stereocenters. The van der Waals surface area contributed by atoms with Gasteiger partial charge in [0.2, 0.25) is 5.91 Å². The Labute approximate surface area is 209 Å². The molecule has 2 unspecified atom stereocenters. The lowest BCUT2D eigenvalue weighted by molar-refractivity contribution is -0.131. The van der Waals surface area contributed by atoms with Crippen molar-refractivity contribution in [3.8, 4) is 0 Å². The maximum absolute atomic E-state index is 13.5. The molecule has 0 saturated carbocycles. The van der Waals surface area contributed by atoms with Crippen LogP contribution >= 0.6 is 0 Å². The van der Waals surface area contributed by atoms with Crippen molar-refractivity contribution < 1.29 is 14.4 Å². The Kier molecular flexibility index (Phi) is 6.29. The molecule has 0 radical (unpaired) electrons. The van der Waals surface area contributed by atoms with Crippen LogP contribution in [0.4, 0.5) is 0 Å². The molecule has 0 spiro atoms. The lowest BCUT2D eigenvalue weighted by Crippen LogP contribution is -2.52. The number of carbonyl (C=O) groups excluding carboxylic acids is 3. The maximum Gasteiger partial charge on any atom is 0.260 e. The molecular weight excluding hydrogens is 452 g/mol. The average Bonchev–Trinajstić information content (AvgIpc) is 3.40. The van der Waals surface area contributed by atoms with Gasteiger partial charge in [-0.25, -0.2) is 0 Å². The van der Waals surface area contributed by atoms with Gasteiger partial charge in [-0.2, -0.15) is 0 Å². The summed E-state index contributed by atoms with van der Waals surface area (Å²) in [6.07, 6.45) is 2.83. The van der Waals surface area contributed by atoms with Crippen LogP contribution in [-0.2, 0) is 23.1 Å². The molecule has 0 aliphatic carbocycles. The first-order valence-electron chi connectivity index (χ1n) is 12.0. The Balaban J connectivity index is 1.36. The number of carbonyl (C=O) groups is 3. The quantitative estimate of drug-likeness (QED) is 0.411. The number of benzene rings is 3. The van der Waals surface area contributed by atoms with Gasteiger partial charge in [0.15, 0.2) is 0 Å². The topological polar surface area (TPSA) is 83.4 Å². The van der Waals surface area contributed by atoms with Crippen LogP contribution in [0.2, 0.25) is 0 Å². The molecule has 3 aromatic carbocycles. The Morgan fingerprint density at radius 2 is 1.58 bits per heavy atom. The lowest BCUT2D eigenvalue weighted by Gasteiger charge is -2.30. The minimum absolute atomic E-state index is 0.207. The Morgan fingerprint density at radius 3 is 2.39 bits per heavy atom. The van der Waals surface area contributed by atoms with Crippen molar-refractivity contribution in [1.82, 2.24) is 20.3 Å². The summed E-state index contributed by atoms with van der Waals surface area (Å²) >= 11 is 0. The standard InChI is InChI=1S/C29H28N4O3/c1-19(28(35)31-30-26(34)17-16-20-10-4-3-5-11-20)33-27(22-13-6-7-14-23(22)29(33)36)24-18-32(2)25-15-9-8-12-21(24)25/h3-15,18-19,27H,16-17H2,1-2H3,(H,30,34)(H,31,35). The van der Waals surface area contributed by atoms with Gasteiger partial charge in [-0.15, -0.1) is 0 Å². The molecule has 4 aromatic rings. The number of rotatable bonds is 6. The molecule has 0 saturated heterocycles. The number of aryl methyl sites for hydroxylation is 2. The highest BCUT2D eigenvalue weighted by molar-refractivity contribution is 6.03. The van der Waals surface area contributed by atoms with E-state index in [1.54, 1.807) is 17.9 Å². The SMILES string of the molecule is CC(C(=O)NNC(=O)CCc1ccccc1)N1C(=O)c2ccccc2C1c1cn(C)c2ccccc12. The predicted octanol–water partition coefficient (Wildman–Crippen LogP) is 3.89. The van der Waals surface area contributed by atoms with E-state index >= 15 is 0 Å². The van der Waals surface area contributed by atoms with Crippen molar-refractivity contribution in [3.63, 3.8) is 0 Å². The average molecular weight is 481 g/mol. The van der Waals surface area contributed by atoms with Crippen LogP contribution in [0.1, 0.15) is 46.4 Å². The van der Waals surface area contributed by atoms with E-state index in [-0.39, 0.29) is 18.2 Å². The van der Waals surface area contributed by atoms with Crippen LogP contribution in [0.25, 0.3) is 10.9 Å². The van der Waals surface area contributed by atoms with E-state index < -0.39 is 18.0 Å². The van der Waals surface area contributed by atoms with Crippen molar-refractivity contribution in [3.05, 3.63) is 107 Å². The van der Waals surface area contributed by atoms with E-state index in [4.69, 9.17) is 0 Å². The molecule has 5 rings (SSSR count). The number of nitrogens with one attached hydrogen (secondary N) is 2. The van der Waals surface area contributed by atoms with Crippen molar-refractivity contribution in [1.29, 1.82) is 0 Å². The number of aromatic nitrogens is 1. The minimum atomic E-state index is -0.816. The normalized spacial score (nSPS) is 15.6. The number of hydrogen-bond acceptors (Lipinski definition) is 3. The monoisotopic (exact) mass is 480 g/mol. The van der Waals surface area contributed by atoms with Crippen LogP contribution in [0, 0.1) is 0 Å². The highest BCUT2D eigenvalue weighted by Gasteiger charge is 2.43. The fourth-order valence-corrected chi connectivity index (χ4v) is 4.97. The molecule has 0 fully saturated rings. The molecule has 1 aliphatic heterocycles. The van der Waals surface area contributed by atoms with Crippen LogP contribution in [0.3, 0.4) is 0 Å². The van der Waals surface area contributed by atoms with Crippen molar-refractivity contribution >= 4 is 28.6 Å². The van der Waals surface area contributed by atoms with Crippen LogP contribution in [0.5, 0.6) is 0 Å². The van der Waals surface area contributed by atoms with Gasteiger partial charge in [-0.1, -0.05) is 66.7 Å². The molecule has 36 heavy (non-hydrogen) atoms. The molecule has 7 heteroatoms. The van der Waals surface area contributed by atoms with E-state index in [1.165, 1.54) is 0 Å². The van der Waals surface area contributed by atoms with Crippen LogP contribution in [0.15, 0.2) is 85.1 Å². The molecule has 0 bridgehead atoms. The fourth-order valence-electron chi connectivity index (χ4n) is 4.97. The molecule has 7 nitrogen and oxygen atoms in total. The zero-order valence-corrected chi connectivity index (χ0v) is 20.3. The largest absolute Gasteiger partial charge is 0.350 e. The third-order valence-corrected chi connectivity index (χ3v) is 6.83. The van der Waals surface area contributed by atoms with Crippen LogP contribution < -0.4 is 10.9 Å². The van der Waals surface area contributed by atoms with Crippen molar-refractivity contribution in [2.24, 2.45) is 7.05 Å². The Bertz CT molecular complexity index is 1440. The van der Waals surface area contributed by atoms with Gasteiger partial charge in [0.25, 0.3) is 11.8 Å². The van der Waals surface area contributed by atoms with Gasteiger partial charge in [-0.05, 0) is 36.6 Å². The number of nitrogens with zero attached hydrogens (tertiary/aromatic N) is 2. The fraction of sp³-hybridized carbons (Fsp3) is 0.207. The summed E-state index contributed by atoms with van der Waals surface area (Å²) in [7, 11) is 1.97. The highest BCUT2D eigenvalue weighted by atomic mass is 16.2. The van der Waals surface area contributed by atoms with E-state index in [9.17, 15) is 14.4 Å². The second-order valence-corrected chi connectivity index (χ2v) is 9.11. The van der Waals surface area contributed by atoms with Crippen molar-refractivity contribution in [2.75, 3.05) is 0 Å². The summed E-state index contributed by atoms with van der Waals surface area (Å²) in [4.78, 5) is 40.6. The first kappa shape index (κ1) is 23.4. The number of hydrazine groups is 1. The second-order valence-electron chi connectivity index (χ2n) is 9.11. The molecule has 3 amide bonds. The second kappa shape index (κ2) is 9.70. The smallest absolute Gasteiger partial charge is 0.260 e. The number of para-hydroxylation sites is 1. The van der Waals surface area contributed by atoms with Crippen LogP contribution in [-0.4, -0.2) is 33.2 Å². The molecule has 1 aromatic heterocycles. The van der Waals surface area contributed by atoms with E-state index in [2.05, 4.69) is 10.9 Å². The number of amides is 3. The summed E-state index contributed by atoms with van der Waals surface area (Å²) in [5.41, 5.74) is 9.52. The third kappa shape index (κ3) is 4.24. The third-order valence-electron chi connectivity index (χ3n) is 6.83. The Hall–Kier alpha value is -4.39. The van der Waals surface area contributed by atoms with Gasteiger partial charge in [0.05, 0.1) is 6.04 Å². The zero-order valence-electron chi connectivity index (χ0n) is 20.3. The maximum atomic E-state index is 13.5. The number of hydrogen-bond donors (Lipinski definition) is 2. The summed E-state index contributed by atoms with van der Waals surface area (Å²) in [5.74, 6) is -0.947. The summed E-state index contributed by atoms with van der Waals surface area (Å²) in [6.45, 7) is 1.69. The first-order valence-corrected chi connectivity index (χ1v) is 12.0. The summed E-state index contributed by atoms with van der Waals surface area (Å²) in [5, 5.41) is 1.03. The molecular formula is C29H28N4O3. The minimum Gasteiger partial charge on any atom is -0.350 e. The molecule has 1 aliphatic rings. The van der Waals surface area contributed by atoms with Crippen molar-refractivity contribution in [2.45, 2.75) is 31.8 Å². The number of fused-ring (bicyclic) bond motifs is 2. The first-order chi connectivity index (χ1) is 17.5. The van der Waals surface area contributed by atoms with E-state index in [0.717, 1.165) is 27.6 Å². The molecule has 2 N–H and O–H groups in total. The molecule has 182 valence electrons. The zero-order chi connectivity index (χ0) is 25.2. The van der Waals surface area contributed by atoms with Gasteiger partial charge >= 0.3 is 0 Å².